The molecule has 0 spiro atoms. The van der Waals surface area contributed by atoms with Gasteiger partial charge in [-0.2, -0.15) is 0 Å². The van der Waals surface area contributed by atoms with Crippen LogP contribution < -0.4 is 4.74 Å². The normalized spacial score (nSPS) is 12.4. The van der Waals surface area contributed by atoms with Crippen molar-refractivity contribution in [2.75, 3.05) is 7.11 Å². The number of hydrogen-bond donors (Lipinski definition) is 1. The summed E-state index contributed by atoms with van der Waals surface area (Å²) >= 11 is 1.53. The third-order valence-electron chi connectivity index (χ3n) is 3.04. The maximum atomic E-state index is 10.2. The van der Waals surface area contributed by atoms with Gasteiger partial charge in [0.25, 0.3) is 0 Å². The van der Waals surface area contributed by atoms with E-state index in [1.54, 1.807) is 7.11 Å². The van der Waals surface area contributed by atoms with Gasteiger partial charge >= 0.3 is 0 Å². The van der Waals surface area contributed by atoms with E-state index >= 15 is 0 Å². The predicted molar refractivity (Wildman–Crippen MR) is 75.4 cm³/mol. The largest absolute Gasteiger partial charge is 0.495 e. The zero-order valence-electron chi connectivity index (χ0n) is 10.7. The van der Waals surface area contributed by atoms with E-state index in [-0.39, 0.29) is 0 Å². The van der Waals surface area contributed by atoms with Crippen molar-refractivity contribution < 1.29 is 9.84 Å². The Bertz CT molecular complexity index is 487. The average Bonchev–Trinajstić information content (AvgIpc) is 2.88. The van der Waals surface area contributed by atoms with E-state index in [9.17, 15) is 5.11 Å². The number of benzene rings is 1. The molecular formula is C15H18O2S. The van der Waals surface area contributed by atoms with Gasteiger partial charge in [-0.05, 0) is 29.0 Å². The van der Waals surface area contributed by atoms with Gasteiger partial charge in [0, 0.05) is 6.42 Å². The summed E-state index contributed by atoms with van der Waals surface area (Å²) in [7, 11) is 1.63. The van der Waals surface area contributed by atoms with Crippen LogP contribution in [0.3, 0.4) is 0 Å². The van der Waals surface area contributed by atoms with Gasteiger partial charge in [-0.3, -0.25) is 0 Å². The van der Waals surface area contributed by atoms with Crippen LogP contribution in [0.25, 0.3) is 0 Å². The van der Waals surface area contributed by atoms with Crippen LogP contribution in [0.2, 0.25) is 0 Å². The van der Waals surface area contributed by atoms with Crippen molar-refractivity contribution in [2.24, 2.45) is 0 Å². The van der Waals surface area contributed by atoms with E-state index in [1.807, 2.05) is 11.4 Å². The highest BCUT2D eigenvalue weighted by Crippen LogP contribution is 2.32. The Balaban J connectivity index is 2.08. The summed E-state index contributed by atoms with van der Waals surface area (Å²) in [5, 5.41) is 12.2. The molecule has 0 bridgehead atoms. The Labute approximate surface area is 112 Å². The molecular weight excluding hydrogens is 244 g/mol. The molecule has 0 fully saturated rings. The number of aryl methyl sites for hydroxylation is 1. The van der Waals surface area contributed by atoms with Crippen LogP contribution in [-0.2, 0) is 12.8 Å². The number of ether oxygens (including phenoxy) is 1. The smallest absolute Gasteiger partial charge is 0.135 e. The Morgan fingerprint density at radius 1 is 1.17 bits per heavy atom. The fraction of sp³-hybridized carbons (Fsp3) is 0.333. The Morgan fingerprint density at radius 2 is 1.83 bits per heavy atom. The first kappa shape index (κ1) is 13.1. The number of aliphatic hydroxyl groups is 1. The molecule has 1 unspecified atom stereocenters. The Kier molecular flexibility index (Phi) is 4.39. The highest BCUT2D eigenvalue weighted by Gasteiger charge is 2.15. The zero-order valence-corrected chi connectivity index (χ0v) is 11.5. The first-order chi connectivity index (χ1) is 8.74. The van der Waals surface area contributed by atoms with Gasteiger partial charge in [0.1, 0.15) is 5.75 Å². The van der Waals surface area contributed by atoms with E-state index in [2.05, 4.69) is 31.2 Å². The van der Waals surface area contributed by atoms with Gasteiger partial charge in [-0.25, -0.2) is 0 Å². The lowest BCUT2D eigenvalue weighted by molar-refractivity contribution is 0.178. The monoisotopic (exact) mass is 262 g/mol. The van der Waals surface area contributed by atoms with Crippen LogP contribution in [0.4, 0.5) is 0 Å². The van der Waals surface area contributed by atoms with E-state index in [0.29, 0.717) is 6.42 Å². The fourth-order valence-corrected chi connectivity index (χ4v) is 2.79. The molecule has 3 heteroatoms. The molecule has 1 atom stereocenters. The third kappa shape index (κ3) is 2.92. The molecule has 0 saturated heterocycles. The fourth-order valence-electron chi connectivity index (χ4n) is 1.95. The molecule has 0 saturated carbocycles. The molecule has 0 aliphatic rings. The lowest BCUT2D eigenvalue weighted by atomic mass is 10.0. The number of rotatable bonds is 5. The lowest BCUT2D eigenvalue weighted by Gasteiger charge is -2.11. The third-order valence-corrected chi connectivity index (χ3v) is 4.04. The van der Waals surface area contributed by atoms with Gasteiger partial charge < -0.3 is 9.84 Å². The summed E-state index contributed by atoms with van der Waals surface area (Å²) < 4.78 is 5.23. The maximum Gasteiger partial charge on any atom is 0.135 e. The number of hydrogen-bond acceptors (Lipinski definition) is 3. The summed E-state index contributed by atoms with van der Waals surface area (Å²) in [5.41, 5.74) is 2.47. The van der Waals surface area contributed by atoms with E-state index in [4.69, 9.17) is 4.74 Å². The summed E-state index contributed by atoms with van der Waals surface area (Å²) in [6.45, 7) is 2.14. The van der Waals surface area contributed by atoms with Crippen LogP contribution in [0, 0.1) is 0 Å². The highest BCUT2D eigenvalue weighted by atomic mass is 32.1. The van der Waals surface area contributed by atoms with Crippen molar-refractivity contribution in [3.8, 4) is 5.75 Å². The minimum Gasteiger partial charge on any atom is -0.495 e. The minimum atomic E-state index is -0.493. The number of methoxy groups -OCH3 is 1. The predicted octanol–water partition coefficient (Wildman–Crippen LogP) is 3.60. The second-order valence-electron chi connectivity index (χ2n) is 4.24. The Hall–Kier alpha value is -1.32. The molecule has 0 aliphatic carbocycles. The van der Waals surface area contributed by atoms with Crippen molar-refractivity contribution in [2.45, 2.75) is 25.9 Å². The van der Waals surface area contributed by atoms with Crippen molar-refractivity contribution in [1.82, 2.24) is 0 Å². The second-order valence-corrected chi connectivity index (χ2v) is 5.19. The molecule has 1 aromatic heterocycles. The molecule has 0 aliphatic heterocycles. The standard InChI is InChI=1S/C15H18O2S/c1-3-11-4-6-12(7-5-11)10-13(16)15-14(17-2)8-9-18-15/h4-9,13,16H,3,10H2,1-2H3. The van der Waals surface area contributed by atoms with Crippen LogP contribution in [0.5, 0.6) is 5.75 Å². The first-order valence-corrected chi connectivity index (χ1v) is 6.99. The van der Waals surface area contributed by atoms with Crippen molar-refractivity contribution in [3.05, 3.63) is 51.7 Å². The highest BCUT2D eigenvalue weighted by molar-refractivity contribution is 7.10. The van der Waals surface area contributed by atoms with Gasteiger partial charge in [-0.15, -0.1) is 11.3 Å². The molecule has 0 amide bonds. The van der Waals surface area contributed by atoms with E-state index in [0.717, 1.165) is 22.6 Å². The lowest BCUT2D eigenvalue weighted by Crippen LogP contribution is -2.01. The quantitative estimate of drug-likeness (QED) is 0.892. The zero-order chi connectivity index (χ0) is 13.0. The summed E-state index contributed by atoms with van der Waals surface area (Å²) in [4.78, 5) is 0.900. The molecule has 96 valence electrons. The van der Waals surface area contributed by atoms with E-state index < -0.39 is 6.10 Å². The van der Waals surface area contributed by atoms with Crippen molar-refractivity contribution in [1.29, 1.82) is 0 Å². The molecule has 2 rings (SSSR count). The molecule has 1 aromatic carbocycles. The average molecular weight is 262 g/mol. The van der Waals surface area contributed by atoms with Gasteiger partial charge in [-0.1, -0.05) is 31.2 Å². The molecule has 1 N–H and O–H groups in total. The number of thiophene rings is 1. The van der Waals surface area contributed by atoms with Gasteiger partial charge in [0.15, 0.2) is 0 Å². The molecule has 1 heterocycles. The van der Waals surface area contributed by atoms with Gasteiger partial charge in [0.05, 0.1) is 18.1 Å². The minimum absolute atomic E-state index is 0.493. The molecule has 0 radical (unpaired) electrons. The molecule has 2 nitrogen and oxygen atoms in total. The number of aliphatic hydroxyl groups excluding tert-OH is 1. The van der Waals surface area contributed by atoms with Crippen LogP contribution in [0.1, 0.15) is 29.0 Å². The topological polar surface area (TPSA) is 29.5 Å². The van der Waals surface area contributed by atoms with Crippen LogP contribution >= 0.6 is 11.3 Å². The SMILES string of the molecule is CCc1ccc(CC(O)c2sccc2OC)cc1. The van der Waals surface area contributed by atoms with Gasteiger partial charge in [0.2, 0.25) is 0 Å². The van der Waals surface area contributed by atoms with Crippen LogP contribution in [-0.4, -0.2) is 12.2 Å². The summed E-state index contributed by atoms with van der Waals surface area (Å²) in [6, 6.07) is 10.3. The molecule has 18 heavy (non-hydrogen) atoms. The van der Waals surface area contributed by atoms with Crippen LogP contribution in [0.15, 0.2) is 35.7 Å². The molecule has 2 aromatic rings. The van der Waals surface area contributed by atoms with Crippen molar-refractivity contribution in [3.63, 3.8) is 0 Å². The summed E-state index contributed by atoms with van der Waals surface area (Å²) in [6.07, 6.45) is 1.18. The first-order valence-electron chi connectivity index (χ1n) is 6.11. The van der Waals surface area contributed by atoms with Crippen molar-refractivity contribution >= 4 is 11.3 Å². The Morgan fingerprint density at radius 3 is 2.44 bits per heavy atom. The maximum absolute atomic E-state index is 10.2. The second kappa shape index (κ2) is 6.03. The summed E-state index contributed by atoms with van der Waals surface area (Å²) in [5.74, 6) is 0.776. The van der Waals surface area contributed by atoms with E-state index in [1.165, 1.54) is 16.9 Å².